The highest BCUT2D eigenvalue weighted by atomic mass is 16.5. The number of allylic oxidation sites excluding steroid dienone is 4. The summed E-state index contributed by atoms with van der Waals surface area (Å²) in [6.07, 6.45) is 22.1. The smallest absolute Gasteiger partial charge is 0.306 e. The maximum absolute atomic E-state index is 10.9. The number of hydrogen-bond donors (Lipinski definition) is 1. The second-order valence-electron chi connectivity index (χ2n) is 12.1. The number of carbonyl (C=O) groups is 1. The Morgan fingerprint density at radius 3 is 2.13 bits per heavy atom. The molecule has 2 atom stereocenters. The van der Waals surface area contributed by atoms with Crippen LogP contribution < -0.4 is 4.74 Å². The Hall–Kier alpha value is -2.03. The first-order valence-corrected chi connectivity index (χ1v) is 15.9. The van der Waals surface area contributed by atoms with Gasteiger partial charge in [-0.05, 0) is 115 Å². The van der Waals surface area contributed by atoms with Crippen LogP contribution in [0.2, 0.25) is 0 Å². The Balaban J connectivity index is 2.38. The fraction of sp³-hybridized carbons (Fsp3) is 0.694. The summed E-state index contributed by atoms with van der Waals surface area (Å²) in [6, 6.07) is 4.55. The van der Waals surface area contributed by atoms with Gasteiger partial charge in [-0.3, -0.25) is 4.79 Å². The van der Waals surface area contributed by atoms with E-state index < -0.39 is 5.97 Å². The normalized spacial score (nSPS) is 13.9. The highest BCUT2D eigenvalue weighted by molar-refractivity contribution is 5.69. The molecule has 1 aromatic rings. The van der Waals surface area contributed by atoms with E-state index in [1.54, 1.807) is 6.92 Å². The van der Waals surface area contributed by atoms with Gasteiger partial charge in [-0.2, -0.15) is 0 Å². The van der Waals surface area contributed by atoms with Crippen LogP contribution in [0.15, 0.2) is 35.4 Å². The molecule has 0 spiro atoms. The van der Waals surface area contributed by atoms with E-state index in [2.05, 4.69) is 65.8 Å². The minimum atomic E-state index is -0.695. The molecule has 3 heteroatoms. The number of aryl methyl sites for hydroxylation is 2. The van der Waals surface area contributed by atoms with E-state index in [1.807, 2.05) is 0 Å². The summed E-state index contributed by atoms with van der Waals surface area (Å²) in [7, 11) is 0. The fourth-order valence-electron chi connectivity index (χ4n) is 5.01. The van der Waals surface area contributed by atoms with Crippen LogP contribution >= 0.6 is 0 Å². The number of unbranched alkanes of at least 4 members (excludes halogenated alkanes) is 5. The maximum atomic E-state index is 10.9. The van der Waals surface area contributed by atoms with Crippen molar-refractivity contribution in [2.24, 2.45) is 11.8 Å². The third-order valence-electron chi connectivity index (χ3n) is 8.22. The Labute approximate surface area is 241 Å². The van der Waals surface area contributed by atoms with Crippen LogP contribution in [-0.4, -0.2) is 17.7 Å². The van der Waals surface area contributed by atoms with Gasteiger partial charge in [0.15, 0.2) is 0 Å². The summed E-state index contributed by atoms with van der Waals surface area (Å²) in [4.78, 5) is 10.9. The van der Waals surface area contributed by atoms with Crippen molar-refractivity contribution < 1.29 is 14.6 Å². The van der Waals surface area contributed by atoms with Gasteiger partial charge < -0.3 is 9.84 Å². The molecule has 0 aromatic heterocycles. The Morgan fingerprint density at radius 2 is 1.49 bits per heavy atom. The Morgan fingerprint density at radius 1 is 0.872 bits per heavy atom. The van der Waals surface area contributed by atoms with Crippen molar-refractivity contribution in [1.29, 1.82) is 0 Å². The van der Waals surface area contributed by atoms with Crippen LogP contribution in [-0.2, 0) is 11.2 Å². The molecule has 222 valence electrons. The zero-order valence-electron chi connectivity index (χ0n) is 26.5. The zero-order chi connectivity index (χ0) is 29.0. The molecule has 0 radical (unpaired) electrons. The van der Waals surface area contributed by atoms with E-state index in [9.17, 15) is 4.79 Å². The van der Waals surface area contributed by atoms with Gasteiger partial charge in [0.25, 0.3) is 0 Å². The lowest BCUT2D eigenvalue weighted by molar-refractivity contribution is -0.141. The molecule has 0 aliphatic heterocycles. The molecule has 3 nitrogen and oxygen atoms in total. The molecule has 0 fully saturated rings. The number of carboxylic acids is 1. The lowest BCUT2D eigenvalue weighted by atomic mass is 9.94. The largest absolute Gasteiger partial charge is 0.493 e. The third kappa shape index (κ3) is 16.0. The fourth-order valence-corrected chi connectivity index (χ4v) is 5.01. The minimum absolute atomic E-state index is 0.257. The highest BCUT2D eigenvalue weighted by Crippen LogP contribution is 2.29. The molecule has 2 unspecified atom stereocenters. The predicted octanol–water partition coefficient (Wildman–Crippen LogP) is 11.0. The van der Waals surface area contributed by atoms with E-state index in [0.717, 1.165) is 57.3 Å². The van der Waals surface area contributed by atoms with Crippen LogP contribution in [0.3, 0.4) is 0 Å². The van der Waals surface area contributed by atoms with E-state index in [1.165, 1.54) is 79.2 Å². The molecular weight excluding hydrogens is 480 g/mol. The average Bonchev–Trinajstić information content (AvgIpc) is 2.89. The number of hydrogen-bond acceptors (Lipinski definition) is 2. The van der Waals surface area contributed by atoms with E-state index >= 15 is 0 Å². The molecule has 0 saturated heterocycles. The molecule has 0 aliphatic carbocycles. The van der Waals surface area contributed by atoms with Crippen molar-refractivity contribution >= 4 is 5.97 Å². The van der Waals surface area contributed by atoms with Crippen molar-refractivity contribution in [1.82, 2.24) is 0 Å². The van der Waals surface area contributed by atoms with Crippen molar-refractivity contribution in [2.45, 2.75) is 145 Å². The van der Waals surface area contributed by atoms with Crippen molar-refractivity contribution in [3.63, 3.8) is 0 Å². The highest BCUT2D eigenvalue weighted by Gasteiger charge is 2.12. The average molecular weight is 541 g/mol. The van der Waals surface area contributed by atoms with Gasteiger partial charge in [0, 0.05) is 0 Å². The molecule has 1 aromatic carbocycles. The monoisotopic (exact) mass is 540 g/mol. The third-order valence-corrected chi connectivity index (χ3v) is 8.22. The number of aliphatic carboxylic acids is 1. The van der Waals surface area contributed by atoms with Gasteiger partial charge in [0.1, 0.15) is 5.75 Å². The summed E-state index contributed by atoms with van der Waals surface area (Å²) >= 11 is 0. The summed E-state index contributed by atoms with van der Waals surface area (Å²) in [6.45, 7) is 16.1. The molecule has 0 saturated carbocycles. The van der Waals surface area contributed by atoms with Crippen LogP contribution in [0.5, 0.6) is 5.75 Å². The first-order chi connectivity index (χ1) is 18.6. The second kappa shape index (κ2) is 20.8. The van der Waals surface area contributed by atoms with Gasteiger partial charge in [0.05, 0.1) is 12.5 Å². The second-order valence-corrected chi connectivity index (χ2v) is 12.1. The minimum Gasteiger partial charge on any atom is -0.493 e. The van der Waals surface area contributed by atoms with Gasteiger partial charge >= 0.3 is 5.97 Å². The molecule has 0 heterocycles. The molecule has 1 N–H and O–H groups in total. The number of carboxylic acid groups (broad SMARTS) is 1. The quantitative estimate of drug-likeness (QED) is 0.117. The number of rotatable bonds is 22. The van der Waals surface area contributed by atoms with Crippen LogP contribution in [0.4, 0.5) is 0 Å². The first kappa shape index (κ1) is 35.0. The van der Waals surface area contributed by atoms with Gasteiger partial charge in [-0.25, -0.2) is 0 Å². The van der Waals surface area contributed by atoms with Gasteiger partial charge in [-0.15, -0.1) is 0 Å². The van der Waals surface area contributed by atoms with Crippen LogP contribution in [0.25, 0.3) is 0 Å². The SMILES string of the molecule is CCCCCCCCOc1c(CCC(C)CCC=C(C)CCCC(C)=CCCC(C)C(=O)O)ccc(C)c1C. The summed E-state index contributed by atoms with van der Waals surface area (Å²) in [5.41, 5.74) is 6.89. The number of benzene rings is 1. The lowest BCUT2D eigenvalue weighted by Gasteiger charge is -2.18. The summed E-state index contributed by atoms with van der Waals surface area (Å²) in [5, 5.41) is 9.00. The predicted molar refractivity (Wildman–Crippen MR) is 169 cm³/mol. The maximum Gasteiger partial charge on any atom is 0.306 e. The molecular formula is C36H60O3. The van der Waals surface area contributed by atoms with Gasteiger partial charge in [0.2, 0.25) is 0 Å². The topological polar surface area (TPSA) is 46.5 Å². The molecule has 0 aliphatic rings. The van der Waals surface area contributed by atoms with E-state index in [0.29, 0.717) is 5.92 Å². The van der Waals surface area contributed by atoms with Crippen molar-refractivity contribution in [3.8, 4) is 5.75 Å². The van der Waals surface area contributed by atoms with Crippen molar-refractivity contribution in [3.05, 3.63) is 52.1 Å². The van der Waals surface area contributed by atoms with Gasteiger partial charge in [-0.1, -0.05) is 88.3 Å². The van der Waals surface area contributed by atoms with Crippen LogP contribution in [0.1, 0.15) is 141 Å². The standard InChI is InChI=1S/C36H60O3/c1-8-9-10-11-12-13-27-39-35-33(7)31(5)24-26-34(35)25-23-30(4)20-15-19-28(2)17-14-18-29(3)21-16-22-32(6)36(37)38/h19,21,24,26,30,32H,8-18,20,22-23,25,27H2,1-7H3,(H,37,38). The van der Waals surface area contributed by atoms with E-state index in [-0.39, 0.29) is 5.92 Å². The summed E-state index contributed by atoms with van der Waals surface area (Å²) in [5.74, 6) is 0.888. The van der Waals surface area contributed by atoms with Crippen molar-refractivity contribution in [2.75, 3.05) is 6.61 Å². The summed E-state index contributed by atoms with van der Waals surface area (Å²) < 4.78 is 6.36. The van der Waals surface area contributed by atoms with Crippen LogP contribution in [0, 0.1) is 25.7 Å². The number of ether oxygens (including phenoxy) is 1. The molecule has 0 amide bonds. The zero-order valence-corrected chi connectivity index (χ0v) is 26.5. The molecule has 1 rings (SSSR count). The molecule has 39 heavy (non-hydrogen) atoms. The molecule has 0 bridgehead atoms. The van der Waals surface area contributed by atoms with E-state index in [4.69, 9.17) is 9.84 Å². The Bertz CT molecular complexity index is 880. The Kier molecular flexibility index (Phi) is 18.7. The first-order valence-electron chi connectivity index (χ1n) is 15.9. The lowest BCUT2D eigenvalue weighted by Crippen LogP contribution is -2.08.